The summed E-state index contributed by atoms with van der Waals surface area (Å²) in [4.78, 5) is 1.29. The molecule has 0 unspecified atom stereocenters. The maximum absolute atomic E-state index is 6.16. The normalized spacial score (nSPS) is 14.1. The number of hydrogen-bond acceptors (Lipinski definition) is 2. The highest BCUT2D eigenvalue weighted by atomic mass is 32.2. The minimum Gasteiger partial charge on any atom is -0.324 e. The molecule has 2 N–H and O–H groups in total. The third-order valence-corrected chi connectivity index (χ3v) is 3.15. The summed E-state index contributed by atoms with van der Waals surface area (Å²) in [6.45, 7) is 6.50. The van der Waals surface area contributed by atoms with Gasteiger partial charge in [0.05, 0.1) is 0 Å². The third kappa shape index (κ3) is 2.76. The van der Waals surface area contributed by atoms with E-state index in [1.54, 1.807) is 11.8 Å². The van der Waals surface area contributed by atoms with Crippen LogP contribution in [0.1, 0.15) is 32.4 Å². The van der Waals surface area contributed by atoms with Crippen LogP contribution in [0.4, 0.5) is 0 Å². The molecule has 0 aliphatic rings. The van der Waals surface area contributed by atoms with Gasteiger partial charge in [-0.3, -0.25) is 0 Å². The van der Waals surface area contributed by atoms with Gasteiger partial charge in [0.25, 0.3) is 0 Å². The first kappa shape index (κ1) is 11.6. The Morgan fingerprint density at radius 1 is 1.14 bits per heavy atom. The van der Waals surface area contributed by atoms with Gasteiger partial charge in [0.1, 0.15) is 0 Å². The van der Waals surface area contributed by atoms with E-state index < -0.39 is 0 Å². The van der Waals surface area contributed by atoms with Crippen LogP contribution in [0, 0.1) is 5.41 Å². The smallest absolute Gasteiger partial charge is 0.0344 e. The summed E-state index contributed by atoms with van der Waals surface area (Å²) in [6, 6.07) is 8.62. The van der Waals surface area contributed by atoms with E-state index in [1.807, 2.05) is 0 Å². The zero-order valence-corrected chi connectivity index (χ0v) is 10.2. The van der Waals surface area contributed by atoms with Crippen molar-refractivity contribution < 1.29 is 0 Å². The van der Waals surface area contributed by atoms with Gasteiger partial charge in [-0.05, 0) is 29.4 Å². The largest absolute Gasteiger partial charge is 0.324 e. The van der Waals surface area contributed by atoms with Crippen molar-refractivity contribution in [1.29, 1.82) is 0 Å². The molecule has 1 nitrogen and oxygen atoms in total. The van der Waals surface area contributed by atoms with Crippen molar-refractivity contribution in [3.63, 3.8) is 0 Å². The summed E-state index contributed by atoms with van der Waals surface area (Å²) in [6.07, 6.45) is 2.08. The first-order chi connectivity index (χ1) is 6.45. The fourth-order valence-electron chi connectivity index (χ4n) is 1.31. The fourth-order valence-corrected chi connectivity index (χ4v) is 1.72. The van der Waals surface area contributed by atoms with Crippen LogP contribution in [0.25, 0.3) is 0 Å². The number of hydrogen-bond donors (Lipinski definition) is 1. The molecule has 0 saturated heterocycles. The molecule has 0 bridgehead atoms. The topological polar surface area (TPSA) is 26.0 Å². The Bertz CT molecular complexity index is 284. The van der Waals surface area contributed by atoms with Crippen molar-refractivity contribution >= 4 is 11.8 Å². The summed E-state index contributed by atoms with van der Waals surface area (Å²) in [5.41, 5.74) is 7.50. The van der Waals surface area contributed by atoms with E-state index in [0.29, 0.717) is 0 Å². The Kier molecular flexibility index (Phi) is 3.62. The molecular formula is C12H19NS. The number of rotatable bonds is 2. The second kappa shape index (κ2) is 4.37. The summed E-state index contributed by atoms with van der Waals surface area (Å²) in [5, 5.41) is 0. The van der Waals surface area contributed by atoms with Gasteiger partial charge in [-0.15, -0.1) is 11.8 Å². The van der Waals surface area contributed by atoms with E-state index in [9.17, 15) is 0 Å². The summed E-state index contributed by atoms with van der Waals surface area (Å²) in [7, 11) is 0. The van der Waals surface area contributed by atoms with Crippen LogP contribution in [0.5, 0.6) is 0 Å². The minimum absolute atomic E-state index is 0.110. The maximum atomic E-state index is 6.16. The van der Waals surface area contributed by atoms with E-state index in [0.717, 1.165) is 0 Å². The Morgan fingerprint density at radius 2 is 1.64 bits per heavy atom. The molecular weight excluding hydrogens is 190 g/mol. The van der Waals surface area contributed by atoms with Gasteiger partial charge in [-0.25, -0.2) is 0 Å². The van der Waals surface area contributed by atoms with E-state index >= 15 is 0 Å². The summed E-state index contributed by atoms with van der Waals surface area (Å²) >= 11 is 1.76. The average molecular weight is 209 g/mol. The molecule has 1 aromatic rings. The first-order valence-corrected chi connectivity index (χ1v) is 6.07. The lowest BCUT2D eigenvalue weighted by Gasteiger charge is -2.27. The van der Waals surface area contributed by atoms with Gasteiger partial charge in [0.15, 0.2) is 0 Å². The molecule has 0 fully saturated rings. The van der Waals surface area contributed by atoms with Crippen molar-refractivity contribution in [2.45, 2.75) is 31.7 Å². The van der Waals surface area contributed by atoms with Crippen molar-refractivity contribution in [2.75, 3.05) is 6.26 Å². The van der Waals surface area contributed by atoms with E-state index in [4.69, 9.17) is 5.73 Å². The van der Waals surface area contributed by atoms with E-state index in [-0.39, 0.29) is 11.5 Å². The molecule has 0 heterocycles. The lowest BCUT2D eigenvalue weighted by molar-refractivity contribution is 0.327. The molecule has 0 radical (unpaired) electrons. The summed E-state index contributed by atoms with van der Waals surface area (Å²) in [5.74, 6) is 0. The van der Waals surface area contributed by atoms with Crippen LogP contribution >= 0.6 is 11.8 Å². The standard InChI is InChI=1S/C12H19NS/c1-12(2,3)11(13)9-5-7-10(14-4)8-6-9/h5-8,11H,13H2,1-4H3/t11-/m1/s1. The molecule has 1 aromatic carbocycles. The molecule has 2 heteroatoms. The zero-order chi connectivity index (χ0) is 10.8. The predicted molar refractivity (Wildman–Crippen MR) is 64.6 cm³/mol. The van der Waals surface area contributed by atoms with Gasteiger partial charge in [0.2, 0.25) is 0 Å². The Balaban J connectivity index is 2.87. The highest BCUT2D eigenvalue weighted by molar-refractivity contribution is 7.98. The first-order valence-electron chi connectivity index (χ1n) is 4.84. The van der Waals surface area contributed by atoms with Crippen molar-refractivity contribution in [1.82, 2.24) is 0 Å². The third-order valence-electron chi connectivity index (χ3n) is 2.41. The molecule has 0 saturated carbocycles. The monoisotopic (exact) mass is 209 g/mol. The zero-order valence-electron chi connectivity index (χ0n) is 9.37. The van der Waals surface area contributed by atoms with Crippen LogP contribution in [0.15, 0.2) is 29.2 Å². The minimum atomic E-state index is 0.110. The fraction of sp³-hybridized carbons (Fsp3) is 0.500. The van der Waals surface area contributed by atoms with Gasteiger partial charge < -0.3 is 5.73 Å². The van der Waals surface area contributed by atoms with Crippen LogP contribution < -0.4 is 5.73 Å². The number of benzene rings is 1. The predicted octanol–water partition coefficient (Wildman–Crippen LogP) is 3.45. The number of thioether (sulfide) groups is 1. The molecule has 78 valence electrons. The lowest BCUT2D eigenvalue weighted by atomic mass is 9.83. The van der Waals surface area contributed by atoms with Crippen LogP contribution in [0.3, 0.4) is 0 Å². The molecule has 14 heavy (non-hydrogen) atoms. The highest BCUT2D eigenvalue weighted by Gasteiger charge is 2.21. The lowest BCUT2D eigenvalue weighted by Crippen LogP contribution is -2.26. The SMILES string of the molecule is CSc1ccc([C@@H](N)C(C)(C)C)cc1. The Labute approximate surface area is 91.1 Å². The van der Waals surface area contributed by atoms with Gasteiger partial charge in [-0.2, -0.15) is 0 Å². The highest BCUT2D eigenvalue weighted by Crippen LogP contribution is 2.30. The molecule has 0 spiro atoms. The molecule has 1 atom stereocenters. The van der Waals surface area contributed by atoms with Crippen LogP contribution in [0.2, 0.25) is 0 Å². The molecule has 0 aliphatic carbocycles. The van der Waals surface area contributed by atoms with E-state index in [2.05, 4.69) is 51.3 Å². The quantitative estimate of drug-likeness (QED) is 0.755. The van der Waals surface area contributed by atoms with Gasteiger partial charge >= 0.3 is 0 Å². The van der Waals surface area contributed by atoms with Crippen molar-refractivity contribution in [3.05, 3.63) is 29.8 Å². The van der Waals surface area contributed by atoms with Crippen LogP contribution in [-0.4, -0.2) is 6.26 Å². The van der Waals surface area contributed by atoms with Crippen molar-refractivity contribution in [3.8, 4) is 0 Å². The molecule has 0 aromatic heterocycles. The second-order valence-corrected chi connectivity index (χ2v) is 5.50. The van der Waals surface area contributed by atoms with Crippen molar-refractivity contribution in [2.24, 2.45) is 11.1 Å². The molecule has 0 amide bonds. The van der Waals surface area contributed by atoms with Gasteiger partial charge in [0, 0.05) is 10.9 Å². The van der Waals surface area contributed by atoms with Crippen LogP contribution in [-0.2, 0) is 0 Å². The summed E-state index contributed by atoms with van der Waals surface area (Å²) < 4.78 is 0. The van der Waals surface area contributed by atoms with E-state index in [1.165, 1.54) is 10.5 Å². The second-order valence-electron chi connectivity index (χ2n) is 4.62. The maximum Gasteiger partial charge on any atom is 0.0344 e. The Hall–Kier alpha value is -0.470. The molecule has 0 aliphatic heterocycles. The van der Waals surface area contributed by atoms with Gasteiger partial charge in [-0.1, -0.05) is 32.9 Å². The Morgan fingerprint density at radius 3 is 2.00 bits per heavy atom. The molecule has 1 rings (SSSR count). The number of nitrogens with two attached hydrogens (primary N) is 1. The average Bonchev–Trinajstić information content (AvgIpc) is 2.15.